The molecule has 0 radical (unpaired) electrons. The van der Waals surface area contributed by atoms with Crippen LogP contribution in [0.15, 0.2) is 59.5 Å². The molecule has 2 aromatic carbocycles. The highest BCUT2D eigenvalue weighted by Gasteiger charge is 2.15. The van der Waals surface area contributed by atoms with Crippen LogP contribution >= 0.6 is 11.8 Å². The number of thioether (sulfide) groups is 1. The second-order valence-corrected chi connectivity index (χ2v) is 7.06. The summed E-state index contributed by atoms with van der Waals surface area (Å²) in [6.45, 7) is 3.82. The maximum absolute atomic E-state index is 12.9. The molecule has 0 aliphatic rings. The molecule has 6 heteroatoms. The Kier molecular flexibility index (Phi) is 5.73. The zero-order valence-electron chi connectivity index (χ0n) is 14.7. The zero-order chi connectivity index (χ0) is 18.5. The number of hydrogen-bond acceptors (Lipinski definition) is 3. The van der Waals surface area contributed by atoms with E-state index < -0.39 is 0 Å². The van der Waals surface area contributed by atoms with E-state index in [1.807, 2.05) is 48.9 Å². The molecule has 134 valence electrons. The number of aryl methyl sites for hydroxylation is 1. The predicted octanol–water partition coefficient (Wildman–Crippen LogP) is 4.75. The molecule has 0 aliphatic carbocycles. The van der Waals surface area contributed by atoms with Gasteiger partial charge in [0.2, 0.25) is 5.91 Å². The Morgan fingerprint density at radius 1 is 1.12 bits per heavy atom. The van der Waals surface area contributed by atoms with E-state index in [1.165, 1.54) is 23.9 Å². The number of nitrogens with zero attached hydrogens (tertiary/aromatic N) is 2. The van der Waals surface area contributed by atoms with Gasteiger partial charge in [-0.05, 0) is 50.2 Å². The Morgan fingerprint density at radius 3 is 2.50 bits per heavy atom. The largest absolute Gasteiger partial charge is 0.323 e. The summed E-state index contributed by atoms with van der Waals surface area (Å²) in [6, 6.07) is 16.1. The third-order valence-electron chi connectivity index (χ3n) is 3.97. The summed E-state index contributed by atoms with van der Waals surface area (Å²) in [7, 11) is 0. The average Bonchev–Trinajstić information content (AvgIpc) is 2.92. The first-order valence-electron chi connectivity index (χ1n) is 8.34. The summed E-state index contributed by atoms with van der Waals surface area (Å²) in [5.74, 6) is 0.314. The lowest BCUT2D eigenvalue weighted by molar-refractivity contribution is -0.115. The molecule has 1 amide bonds. The van der Waals surface area contributed by atoms with Gasteiger partial charge < -0.3 is 5.32 Å². The first kappa shape index (κ1) is 18.2. The maximum Gasteiger partial charge on any atom is 0.225 e. The predicted molar refractivity (Wildman–Crippen MR) is 103 cm³/mol. The van der Waals surface area contributed by atoms with Crippen molar-refractivity contribution < 1.29 is 9.18 Å². The van der Waals surface area contributed by atoms with Crippen LogP contribution in [0.5, 0.6) is 0 Å². The van der Waals surface area contributed by atoms with Crippen molar-refractivity contribution in [2.24, 2.45) is 0 Å². The smallest absolute Gasteiger partial charge is 0.225 e. The number of benzene rings is 2. The molecule has 1 N–H and O–H groups in total. The van der Waals surface area contributed by atoms with E-state index in [4.69, 9.17) is 0 Å². The van der Waals surface area contributed by atoms with Crippen LogP contribution in [0, 0.1) is 19.7 Å². The third kappa shape index (κ3) is 4.32. The fourth-order valence-electron chi connectivity index (χ4n) is 2.64. The molecule has 26 heavy (non-hydrogen) atoms. The Morgan fingerprint density at radius 2 is 1.81 bits per heavy atom. The number of carbonyl (C=O) groups excluding carboxylic acids is 1. The molecule has 0 saturated carbocycles. The molecule has 0 aliphatic heterocycles. The Labute approximate surface area is 156 Å². The van der Waals surface area contributed by atoms with Gasteiger partial charge in [0.15, 0.2) is 0 Å². The minimum Gasteiger partial charge on any atom is -0.323 e. The fourth-order valence-corrected chi connectivity index (χ4v) is 3.49. The number of nitrogens with one attached hydrogen (secondary N) is 1. The Bertz CT molecular complexity index is 891. The molecular weight excluding hydrogens is 349 g/mol. The van der Waals surface area contributed by atoms with Crippen molar-refractivity contribution >= 4 is 23.4 Å². The third-order valence-corrected chi connectivity index (χ3v) is 4.98. The van der Waals surface area contributed by atoms with Gasteiger partial charge >= 0.3 is 0 Å². The lowest BCUT2D eigenvalue weighted by Gasteiger charge is -2.07. The van der Waals surface area contributed by atoms with Gasteiger partial charge in [-0.3, -0.25) is 4.79 Å². The fraction of sp³-hybridized carbons (Fsp3) is 0.200. The summed E-state index contributed by atoms with van der Waals surface area (Å²) in [4.78, 5) is 13.2. The van der Waals surface area contributed by atoms with Gasteiger partial charge in [0.25, 0.3) is 0 Å². The number of anilines is 1. The Hall–Kier alpha value is -2.60. The molecule has 0 unspecified atom stereocenters. The normalized spacial score (nSPS) is 10.7. The second kappa shape index (κ2) is 8.19. The lowest BCUT2D eigenvalue weighted by Crippen LogP contribution is -2.13. The van der Waals surface area contributed by atoms with Gasteiger partial charge in [-0.2, -0.15) is 5.10 Å². The second-order valence-electron chi connectivity index (χ2n) is 5.89. The molecular formula is C20H20FN3OS. The van der Waals surface area contributed by atoms with E-state index in [1.54, 1.807) is 12.1 Å². The topological polar surface area (TPSA) is 46.9 Å². The average molecular weight is 369 g/mol. The van der Waals surface area contributed by atoms with Crippen molar-refractivity contribution in [1.29, 1.82) is 0 Å². The minimum absolute atomic E-state index is 0.0570. The van der Waals surface area contributed by atoms with Crippen LogP contribution in [0.1, 0.15) is 17.8 Å². The molecule has 0 fully saturated rings. The SMILES string of the molecule is Cc1nn(-c2ccccc2)c(C)c1NC(=O)CCSc1ccc(F)cc1. The van der Waals surface area contributed by atoms with Crippen LogP contribution in [0.3, 0.4) is 0 Å². The van der Waals surface area contributed by atoms with Crippen LogP contribution < -0.4 is 5.32 Å². The monoisotopic (exact) mass is 369 g/mol. The van der Waals surface area contributed by atoms with E-state index in [0.29, 0.717) is 12.2 Å². The summed E-state index contributed by atoms with van der Waals surface area (Å²) >= 11 is 1.53. The van der Waals surface area contributed by atoms with Crippen molar-refractivity contribution in [1.82, 2.24) is 9.78 Å². The number of aromatic nitrogens is 2. The van der Waals surface area contributed by atoms with E-state index in [2.05, 4.69) is 10.4 Å². The highest BCUT2D eigenvalue weighted by atomic mass is 32.2. The molecule has 0 spiro atoms. The van der Waals surface area contributed by atoms with Crippen molar-refractivity contribution in [3.63, 3.8) is 0 Å². The van der Waals surface area contributed by atoms with E-state index in [-0.39, 0.29) is 11.7 Å². The van der Waals surface area contributed by atoms with Crippen LogP contribution in [0.2, 0.25) is 0 Å². The standard InChI is InChI=1S/C20H20FN3OS/c1-14-20(15(2)24(23-14)17-6-4-3-5-7-17)22-19(25)12-13-26-18-10-8-16(21)9-11-18/h3-11H,12-13H2,1-2H3,(H,22,25). The van der Waals surface area contributed by atoms with Gasteiger partial charge in [0, 0.05) is 17.1 Å². The minimum atomic E-state index is -0.256. The van der Waals surface area contributed by atoms with Crippen LogP contribution in [0.4, 0.5) is 10.1 Å². The molecule has 1 aromatic heterocycles. The van der Waals surface area contributed by atoms with E-state index in [9.17, 15) is 9.18 Å². The highest BCUT2D eigenvalue weighted by molar-refractivity contribution is 7.99. The summed E-state index contributed by atoms with van der Waals surface area (Å²) in [5, 5.41) is 7.50. The molecule has 1 heterocycles. The van der Waals surface area contributed by atoms with Gasteiger partial charge in [-0.1, -0.05) is 18.2 Å². The van der Waals surface area contributed by atoms with Gasteiger partial charge in [-0.25, -0.2) is 9.07 Å². The number of halogens is 1. The van der Waals surface area contributed by atoms with Crippen LogP contribution in [-0.4, -0.2) is 21.4 Å². The number of para-hydroxylation sites is 1. The van der Waals surface area contributed by atoms with Crippen LogP contribution in [0.25, 0.3) is 5.69 Å². The van der Waals surface area contributed by atoms with Crippen molar-refractivity contribution in [3.8, 4) is 5.69 Å². The van der Waals surface area contributed by atoms with E-state index in [0.717, 1.165) is 27.7 Å². The quantitative estimate of drug-likeness (QED) is 0.638. The van der Waals surface area contributed by atoms with Crippen molar-refractivity contribution in [2.75, 3.05) is 11.1 Å². The number of rotatable bonds is 6. The summed E-state index contributed by atoms with van der Waals surface area (Å²) in [6.07, 6.45) is 0.372. The van der Waals surface area contributed by atoms with Crippen LogP contribution in [-0.2, 0) is 4.79 Å². The van der Waals surface area contributed by atoms with Gasteiger partial charge in [0.05, 0.1) is 22.8 Å². The molecule has 3 rings (SSSR count). The number of hydrogen-bond donors (Lipinski definition) is 1. The zero-order valence-corrected chi connectivity index (χ0v) is 15.5. The van der Waals surface area contributed by atoms with Gasteiger partial charge in [-0.15, -0.1) is 11.8 Å². The maximum atomic E-state index is 12.9. The van der Waals surface area contributed by atoms with Crippen molar-refractivity contribution in [2.45, 2.75) is 25.2 Å². The molecule has 4 nitrogen and oxygen atoms in total. The molecule has 0 saturated heterocycles. The summed E-state index contributed by atoms with van der Waals surface area (Å²) in [5.41, 5.74) is 3.39. The summed E-state index contributed by atoms with van der Waals surface area (Å²) < 4.78 is 14.7. The molecule has 3 aromatic rings. The molecule has 0 atom stereocenters. The lowest BCUT2D eigenvalue weighted by atomic mass is 10.3. The van der Waals surface area contributed by atoms with Gasteiger partial charge in [0.1, 0.15) is 5.82 Å². The molecule has 0 bridgehead atoms. The first-order valence-corrected chi connectivity index (χ1v) is 9.33. The first-order chi connectivity index (χ1) is 12.5. The van der Waals surface area contributed by atoms with E-state index >= 15 is 0 Å². The number of carbonyl (C=O) groups is 1. The Balaban J connectivity index is 1.61. The van der Waals surface area contributed by atoms with Crippen molar-refractivity contribution in [3.05, 3.63) is 71.8 Å². The highest BCUT2D eigenvalue weighted by Crippen LogP contribution is 2.24. The number of amides is 1.